The molecule has 0 aliphatic carbocycles. The second kappa shape index (κ2) is 5.94. The number of nitrogens with zero attached hydrogens (tertiary/aromatic N) is 2. The topological polar surface area (TPSA) is 39.1 Å². The SMILES string of the molecule is CC(NCC1CCCOC1)c1nc2ccccc2n1C. The minimum Gasteiger partial charge on any atom is -0.381 e. The number of hydrogen-bond donors (Lipinski definition) is 1. The fourth-order valence-electron chi connectivity index (χ4n) is 2.95. The normalized spacial score (nSPS) is 21.2. The molecule has 4 heteroatoms. The molecule has 0 spiro atoms. The van der Waals surface area contributed by atoms with Gasteiger partial charge in [0.15, 0.2) is 0 Å². The van der Waals surface area contributed by atoms with E-state index >= 15 is 0 Å². The number of fused-ring (bicyclic) bond motifs is 1. The number of nitrogens with one attached hydrogen (secondary N) is 1. The molecule has 2 atom stereocenters. The second-order valence-corrected chi connectivity index (χ2v) is 5.73. The average molecular weight is 273 g/mol. The summed E-state index contributed by atoms with van der Waals surface area (Å²) < 4.78 is 7.72. The molecule has 108 valence electrons. The molecule has 0 radical (unpaired) electrons. The average Bonchev–Trinajstić information content (AvgIpc) is 2.84. The summed E-state index contributed by atoms with van der Waals surface area (Å²) >= 11 is 0. The van der Waals surface area contributed by atoms with E-state index in [0.29, 0.717) is 5.92 Å². The summed E-state index contributed by atoms with van der Waals surface area (Å²) in [5.74, 6) is 1.74. The number of aryl methyl sites for hydroxylation is 1. The Morgan fingerprint density at radius 1 is 1.45 bits per heavy atom. The van der Waals surface area contributed by atoms with Crippen molar-refractivity contribution in [2.75, 3.05) is 19.8 Å². The number of para-hydroxylation sites is 2. The number of hydrogen-bond acceptors (Lipinski definition) is 3. The summed E-state index contributed by atoms with van der Waals surface area (Å²) in [5.41, 5.74) is 2.26. The van der Waals surface area contributed by atoms with E-state index in [1.807, 2.05) is 6.07 Å². The molecule has 20 heavy (non-hydrogen) atoms. The van der Waals surface area contributed by atoms with Crippen LogP contribution in [0.5, 0.6) is 0 Å². The number of aromatic nitrogens is 2. The van der Waals surface area contributed by atoms with Gasteiger partial charge in [-0.3, -0.25) is 0 Å². The van der Waals surface area contributed by atoms with Gasteiger partial charge in [0.05, 0.1) is 23.7 Å². The molecular weight excluding hydrogens is 250 g/mol. The van der Waals surface area contributed by atoms with Crippen molar-refractivity contribution in [3.63, 3.8) is 0 Å². The molecule has 2 unspecified atom stereocenters. The lowest BCUT2D eigenvalue weighted by molar-refractivity contribution is 0.0539. The smallest absolute Gasteiger partial charge is 0.126 e. The van der Waals surface area contributed by atoms with Crippen molar-refractivity contribution in [2.45, 2.75) is 25.8 Å². The molecule has 0 bridgehead atoms. The van der Waals surface area contributed by atoms with Crippen molar-refractivity contribution >= 4 is 11.0 Å². The molecule has 1 aromatic heterocycles. The third-order valence-corrected chi connectivity index (χ3v) is 4.18. The Bertz CT molecular complexity index is 572. The van der Waals surface area contributed by atoms with Gasteiger partial charge in [0.1, 0.15) is 5.82 Å². The fourth-order valence-corrected chi connectivity index (χ4v) is 2.95. The van der Waals surface area contributed by atoms with Gasteiger partial charge >= 0.3 is 0 Å². The van der Waals surface area contributed by atoms with Crippen LogP contribution in [0.3, 0.4) is 0 Å². The van der Waals surface area contributed by atoms with Gasteiger partial charge in [-0.2, -0.15) is 0 Å². The van der Waals surface area contributed by atoms with Gasteiger partial charge in [-0.25, -0.2) is 4.98 Å². The Morgan fingerprint density at radius 3 is 3.05 bits per heavy atom. The van der Waals surface area contributed by atoms with Crippen molar-refractivity contribution in [3.05, 3.63) is 30.1 Å². The van der Waals surface area contributed by atoms with Crippen molar-refractivity contribution < 1.29 is 4.74 Å². The van der Waals surface area contributed by atoms with E-state index in [1.165, 1.54) is 18.4 Å². The van der Waals surface area contributed by atoms with Crippen LogP contribution in [-0.2, 0) is 11.8 Å². The molecule has 2 aromatic rings. The maximum atomic E-state index is 5.53. The number of imidazole rings is 1. The lowest BCUT2D eigenvalue weighted by atomic mass is 10.0. The minimum atomic E-state index is 0.259. The molecular formula is C16H23N3O. The monoisotopic (exact) mass is 273 g/mol. The van der Waals surface area contributed by atoms with E-state index in [4.69, 9.17) is 9.72 Å². The van der Waals surface area contributed by atoms with Crippen LogP contribution >= 0.6 is 0 Å². The van der Waals surface area contributed by atoms with Gasteiger partial charge in [0.25, 0.3) is 0 Å². The molecule has 3 rings (SSSR count). The third-order valence-electron chi connectivity index (χ3n) is 4.18. The molecule has 1 fully saturated rings. The molecule has 1 N–H and O–H groups in total. The fraction of sp³-hybridized carbons (Fsp3) is 0.562. The Balaban J connectivity index is 1.68. The standard InChI is InChI=1S/C16H23N3O/c1-12(17-10-13-6-5-9-20-11-13)16-18-14-7-3-4-8-15(14)19(16)2/h3-4,7-8,12-13,17H,5-6,9-11H2,1-2H3. The van der Waals surface area contributed by atoms with Crippen molar-refractivity contribution in [3.8, 4) is 0 Å². The van der Waals surface area contributed by atoms with Gasteiger partial charge in [0.2, 0.25) is 0 Å². The predicted octanol–water partition coefficient (Wildman–Crippen LogP) is 2.65. The number of benzene rings is 1. The van der Waals surface area contributed by atoms with Crippen molar-refractivity contribution in [2.24, 2.45) is 13.0 Å². The summed E-state index contributed by atoms with van der Waals surface area (Å²) in [7, 11) is 2.09. The highest BCUT2D eigenvalue weighted by Crippen LogP contribution is 2.20. The van der Waals surface area contributed by atoms with Crippen LogP contribution in [0.25, 0.3) is 11.0 Å². The summed E-state index contributed by atoms with van der Waals surface area (Å²) in [4.78, 5) is 4.75. The van der Waals surface area contributed by atoms with Crippen molar-refractivity contribution in [1.82, 2.24) is 14.9 Å². The van der Waals surface area contributed by atoms with E-state index in [1.54, 1.807) is 0 Å². The van der Waals surface area contributed by atoms with Gasteiger partial charge in [-0.05, 0) is 37.8 Å². The highest BCUT2D eigenvalue weighted by Gasteiger charge is 2.17. The van der Waals surface area contributed by atoms with Crippen LogP contribution in [0.2, 0.25) is 0 Å². The quantitative estimate of drug-likeness (QED) is 0.931. The molecule has 2 heterocycles. The van der Waals surface area contributed by atoms with Gasteiger partial charge in [0, 0.05) is 20.2 Å². The van der Waals surface area contributed by atoms with Gasteiger partial charge < -0.3 is 14.6 Å². The first-order chi connectivity index (χ1) is 9.75. The van der Waals surface area contributed by atoms with Crippen LogP contribution in [-0.4, -0.2) is 29.3 Å². The van der Waals surface area contributed by atoms with E-state index in [0.717, 1.165) is 31.1 Å². The first-order valence-corrected chi connectivity index (χ1v) is 7.48. The van der Waals surface area contributed by atoms with Crippen LogP contribution in [0.4, 0.5) is 0 Å². The zero-order valence-electron chi connectivity index (χ0n) is 12.3. The lowest BCUT2D eigenvalue weighted by Crippen LogP contribution is -2.31. The zero-order valence-corrected chi connectivity index (χ0v) is 12.3. The highest BCUT2D eigenvalue weighted by atomic mass is 16.5. The molecule has 1 aliphatic rings. The molecule has 1 aliphatic heterocycles. The lowest BCUT2D eigenvalue weighted by Gasteiger charge is -2.24. The van der Waals surface area contributed by atoms with Crippen LogP contribution < -0.4 is 5.32 Å². The van der Waals surface area contributed by atoms with Crippen LogP contribution in [0.1, 0.15) is 31.6 Å². The third kappa shape index (κ3) is 2.72. The van der Waals surface area contributed by atoms with Crippen LogP contribution in [0.15, 0.2) is 24.3 Å². The Hall–Kier alpha value is -1.39. The molecule has 0 saturated carbocycles. The maximum Gasteiger partial charge on any atom is 0.126 e. The van der Waals surface area contributed by atoms with Crippen molar-refractivity contribution in [1.29, 1.82) is 0 Å². The van der Waals surface area contributed by atoms with E-state index in [2.05, 4.69) is 42.1 Å². The summed E-state index contributed by atoms with van der Waals surface area (Å²) in [5, 5.41) is 3.61. The van der Waals surface area contributed by atoms with Gasteiger partial charge in [-0.1, -0.05) is 12.1 Å². The van der Waals surface area contributed by atoms with Crippen LogP contribution in [0, 0.1) is 5.92 Å². The number of rotatable bonds is 4. The van der Waals surface area contributed by atoms with E-state index < -0.39 is 0 Å². The largest absolute Gasteiger partial charge is 0.381 e. The number of ether oxygens (including phenoxy) is 1. The molecule has 1 saturated heterocycles. The highest BCUT2D eigenvalue weighted by molar-refractivity contribution is 5.75. The zero-order chi connectivity index (χ0) is 13.9. The summed E-state index contributed by atoms with van der Waals surface area (Å²) in [6, 6.07) is 8.55. The first-order valence-electron chi connectivity index (χ1n) is 7.48. The summed E-state index contributed by atoms with van der Waals surface area (Å²) in [6.07, 6.45) is 2.45. The molecule has 1 aromatic carbocycles. The summed E-state index contributed by atoms with van der Waals surface area (Å²) in [6.45, 7) is 5.01. The molecule has 0 amide bonds. The minimum absolute atomic E-state index is 0.259. The van der Waals surface area contributed by atoms with E-state index in [9.17, 15) is 0 Å². The predicted molar refractivity (Wildman–Crippen MR) is 80.7 cm³/mol. The first kappa shape index (κ1) is 13.6. The Labute approximate surface area is 120 Å². The maximum absolute atomic E-state index is 5.53. The molecule has 4 nitrogen and oxygen atoms in total. The van der Waals surface area contributed by atoms with Gasteiger partial charge in [-0.15, -0.1) is 0 Å². The van der Waals surface area contributed by atoms with E-state index in [-0.39, 0.29) is 6.04 Å². The second-order valence-electron chi connectivity index (χ2n) is 5.73. The Morgan fingerprint density at radius 2 is 2.30 bits per heavy atom. The Kier molecular flexibility index (Phi) is 4.03.